The number of aldehydes is 1. The first-order valence-electron chi connectivity index (χ1n) is 4.11. The molecular weight excluding hydrogens is 260 g/mol. The molecule has 70 valence electrons. The van der Waals surface area contributed by atoms with Crippen LogP contribution in [0.2, 0.25) is 0 Å². The van der Waals surface area contributed by atoms with Gasteiger partial charge >= 0.3 is 0 Å². The predicted molar refractivity (Wildman–Crippen MR) is 62.8 cm³/mol. The number of carbonyl (C=O) groups excluding carboxylic acids is 1. The van der Waals surface area contributed by atoms with Gasteiger partial charge in [0.1, 0.15) is 0 Å². The molecule has 0 N–H and O–H groups in total. The quantitative estimate of drug-likeness (QED) is 0.752. The Bertz CT molecular complexity index is 462. The van der Waals surface area contributed by atoms with E-state index in [-0.39, 0.29) is 0 Å². The molecule has 0 amide bonds. The molecule has 2 aromatic rings. The van der Waals surface area contributed by atoms with E-state index in [4.69, 9.17) is 0 Å². The Morgan fingerprint density at radius 2 is 1.93 bits per heavy atom. The van der Waals surface area contributed by atoms with Crippen LogP contribution in [-0.2, 0) is 0 Å². The van der Waals surface area contributed by atoms with E-state index in [2.05, 4.69) is 15.9 Å². The molecule has 0 bridgehead atoms. The van der Waals surface area contributed by atoms with Crippen molar-refractivity contribution >= 4 is 33.6 Å². The molecule has 0 radical (unpaired) electrons. The second kappa shape index (κ2) is 4.07. The summed E-state index contributed by atoms with van der Waals surface area (Å²) < 4.78 is 1.05. The average Bonchev–Trinajstić information content (AvgIpc) is 2.67. The van der Waals surface area contributed by atoms with Crippen molar-refractivity contribution in [3.63, 3.8) is 0 Å². The van der Waals surface area contributed by atoms with Crippen molar-refractivity contribution in [3.05, 3.63) is 45.7 Å². The van der Waals surface area contributed by atoms with Crippen molar-refractivity contribution in [2.45, 2.75) is 0 Å². The highest BCUT2D eigenvalue weighted by molar-refractivity contribution is 9.10. The maximum absolute atomic E-state index is 10.5. The molecule has 2 rings (SSSR count). The summed E-state index contributed by atoms with van der Waals surface area (Å²) in [5, 5.41) is 0. The fraction of sp³-hybridized carbons (Fsp3) is 0. The molecule has 1 heterocycles. The Morgan fingerprint density at radius 3 is 2.57 bits per heavy atom. The zero-order valence-corrected chi connectivity index (χ0v) is 9.64. The summed E-state index contributed by atoms with van der Waals surface area (Å²) in [6, 6.07) is 11.8. The van der Waals surface area contributed by atoms with Gasteiger partial charge in [-0.1, -0.05) is 34.1 Å². The monoisotopic (exact) mass is 266 g/mol. The number of benzene rings is 1. The van der Waals surface area contributed by atoms with Crippen LogP contribution in [0.3, 0.4) is 0 Å². The van der Waals surface area contributed by atoms with Crippen LogP contribution in [0.15, 0.2) is 40.9 Å². The largest absolute Gasteiger partial charge is 0.297 e. The van der Waals surface area contributed by atoms with Crippen LogP contribution in [0.1, 0.15) is 9.67 Å². The van der Waals surface area contributed by atoms with Crippen LogP contribution in [0.25, 0.3) is 10.4 Å². The number of hydrogen-bond donors (Lipinski definition) is 0. The Balaban J connectivity index is 2.49. The summed E-state index contributed by atoms with van der Waals surface area (Å²) in [5.41, 5.74) is 1.13. The standard InChI is InChI=1S/C11H7BrOS/c12-10-4-2-1-3-9(10)11-6-5-8(7-13)14-11/h1-7H. The van der Waals surface area contributed by atoms with Gasteiger partial charge in [-0.05, 0) is 18.2 Å². The molecule has 3 heteroatoms. The fourth-order valence-corrected chi connectivity index (χ4v) is 2.71. The lowest BCUT2D eigenvalue weighted by Gasteiger charge is -1.99. The van der Waals surface area contributed by atoms with Crippen LogP contribution < -0.4 is 0 Å². The number of carbonyl (C=O) groups is 1. The first kappa shape index (κ1) is 9.62. The van der Waals surface area contributed by atoms with E-state index in [0.717, 1.165) is 26.1 Å². The predicted octanol–water partition coefficient (Wildman–Crippen LogP) is 3.99. The Kier molecular flexibility index (Phi) is 2.79. The van der Waals surface area contributed by atoms with E-state index >= 15 is 0 Å². The van der Waals surface area contributed by atoms with Crippen molar-refractivity contribution in [2.24, 2.45) is 0 Å². The first-order chi connectivity index (χ1) is 6.81. The Morgan fingerprint density at radius 1 is 1.14 bits per heavy atom. The van der Waals surface area contributed by atoms with Gasteiger partial charge in [-0.2, -0.15) is 0 Å². The number of halogens is 1. The van der Waals surface area contributed by atoms with Gasteiger partial charge in [0.05, 0.1) is 4.88 Å². The normalized spacial score (nSPS) is 10.1. The third kappa shape index (κ3) is 1.79. The third-order valence-electron chi connectivity index (χ3n) is 1.88. The van der Waals surface area contributed by atoms with Crippen molar-refractivity contribution in [1.82, 2.24) is 0 Å². The van der Waals surface area contributed by atoms with E-state index in [1.54, 1.807) is 0 Å². The van der Waals surface area contributed by atoms with Gasteiger partial charge in [0, 0.05) is 14.9 Å². The Labute approximate surface area is 94.5 Å². The summed E-state index contributed by atoms with van der Waals surface area (Å²) >= 11 is 4.98. The molecule has 1 nitrogen and oxygen atoms in total. The molecule has 0 saturated heterocycles. The third-order valence-corrected chi connectivity index (χ3v) is 3.62. The minimum absolute atomic E-state index is 0.760. The van der Waals surface area contributed by atoms with Crippen LogP contribution in [-0.4, -0.2) is 6.29 Å². The van der Waals surface area contributed by atoms with Gasteiger partial charge in [-0.25, -0.2) is 0 Å². The number of rotatable bonds is 2. The van der Waals surface area contributed by atoms with Crippen molar-refractivity contribution < 1.29 is 4.79 Å². The van der Waals surface area contributed by atoms with Gasteiger partial charge in [-0.15, -0.1) is 11.3 Å². The average molecular weight is 267 g/mol. The SMILES string of the molecule is O=Cc1ccc(-c2ccccc2Br)s1. The molecule has 14 heavy (non-hydrogen) atoms. The van der Waals surface area contributed by atoms with Crippen LogP contribution in [0.5, 0.6) is 0 Å². The van der Waals surface area contributed by atoms with E-state index < -0.39 is 0 Å². The van der Waals surface area contributed by atoms with Gasteiger partial charge in [-0.3, -0.25) is 4.79 Å². The molecule has 0 spiro atoms. The van der Waals surface area contributed by atoms with E-state index in [1.807, 2.05) is 36.4 Å². The summed E-state index contributed by atoms with van der Waals surface area (Å²) in [6.07, 6.45) is 0.880. The van der Waals surface area contributed by atoms with Crippen LogP contribution >= 0.6 is 27.3 Å². The van der Waals surface area contributed by atoms with Gasteiger partial charge in [0.2, 0.25) is 0 Å². The highest BCUT2D eigenvalue weighted by atomic mass is 79.9. The van der Waals surface area contributed by atoms with Crippen LogP contribution in [0, 0.1) is 0 Å². The first-order valence-corrected chi connectivity index (χ1v) is 5.72. The maximum Gasteiger partial charge on any atom is 0.160 e. The second-order valence-electron chi connectivity index (χ2n) is 2.80. The van der Waals surface area contributed by atoms with E-state index in [1.165, 1.54) is 11.3 Å². The second-order valence-corrected chi connectivity index (χ2v) is 4.77. The summed E-state index contributed by atoms with van der Waals surface area (Å²) in [6.45, 7) is 0. The van der Waals surface area contributed by atoms with Gasteiger partial charge in [0.15, 0.2) is 6.29 Å². The Hall–Kier alpha value is -0.930. The van der Waals surface area contributed by atoms with Crippen LogP contribution in [0.4, 0.5) is 0 Å². The minimum atomic E-state index is 0.760. The molecule has 0 unspecified atom stereocenters. The zero-order chi connectivity index (χ0) is 9.97. The summed E-state index contributed by atoms with van der Waals surface area (Å²) in [5.74, 6) is 0. The highest BCUT2D eigenvalue weighted by Crippen LogP contribution is 2.32. The molecule has 0 fully saturated rings. The molecule has 0 aliphatic heterocycles. The minimum Gasteiger partial charge on any atom is -0.297 e. The van der Waals surface area contributed by atoms with Gasteiger partial charge < -0.3 is 0 Å². The van der Waals surface area contributed by atoms with Gasteiger partial charge in [0.25, 0.3) is 0 Å². The molecule has 0 aliphatic rings. The van der Waals surface area contributed by atoms with Crippen molar-refractivity contribution in [1.29, 1.82) is 0 Å². The summed E-state index contributed by atoms with van der Waals surface area (Å²) in [7, 11) is 0. The molecule has 1 aromatic carbocycles. The maximum atomic E-state index is 10.5. The number of hydrogen-bond acceptors (Lipinski definition) is 2. The van der Waals surface area contributed by atoms with Crippen molar-refractivity contribution in [3.8, 4) is 10.4 Å². The molecule has 0 saturated carbocycles. The topological polar surface area (TPSA) is 17.1 Å². The highest BCUT2D eigenvalue weighted by Gasteiger charge is 2.04. The molecular formula is C11H7BrOS. The van der Waals surface area contributed by atoms with Crippen molar-refractivity contribution in [2.75, 3.05) is 0 Å². The summed E-state index contributed by atoms with van der Waals surface area (Å²) in [4.78, 5) is 12.4. The fourth-order valence-electron chi connectivity index (χ4n) is 1.22. The van der Waals surface area contributed by atoms with E-state index in [9.17, 15) is 4.79 Å². The lowest BCUT2D eigenvalue weighted by atomic mass is 10.2. The lowest BCUT2D eigenvalue weighted by molar-refractivity contribution is 0.112. The molecule has 0 aliphatic carbocycles. The smallest absolute Gasteiger partial charge is 0.160 e. The number of thiophene rings is 1. The van der Waals surface area contributed by atoms with E-state index in [0.29, 0.717) is 0 Å². The zero-order valence-electron chi connectivity index (χ0n) is 7.24. The molecule has 1 aromatic heterocycles. The molecule has 0 atom stereocenters. The lowest BCUT2D eigenvalue weighted by Crippen LogP contribution is -1.72.